The van der Waals surface area contributed by atoms with Gasteiger partial charge in [-0.05, 0) is 32.9 Å². The summed E-state index contributed by atoms with van der Waals surface area (Å²) >= 11 is 7.53. The van der Waals surface area contributed by atoms with Gasteiger partial charge in [0.15, 0.2) is 0 Å². The molecule has 1 N–H and O–H groups in total. The second kappa shape index (κ2) is 6.81. The number of benzene rings is 1. The second-order valence-corrected chi connectivity index (χ2v) is 7.45. The molecule has 0 radical (unpaired) electrons. The highest BCUT2D eigenvalue weighted by Gasteiger charge is 2.12. The predicted molar refractivity (Wildman–Crippen MR) is 85.6 cm³/mol. The van der Waals surface area contributed by atoms with Crippen molar-refractivity contribution in [3.8, 4) is 0 Å². The van der Waals surface area contributed by atoms with E-state index in [1.54, 1.807) is 12.1 Å². The molecule has 0 saturated heterocycles. The Kier molecular flexibility index (Phi) is 5.30. The Labute approximate surface area is 133 Å². The third-order valence-electron chi connectivity index (χ3n) is 2.89. The van der Waals surface area contributed by atoms with Crippen LogP contribution in [0.15, 0.2) is 18.2 Å². The van der Waals surface area contributed by atoms with Gasteiger partial charge in [0.2, 0.25) is 0 Å². The van der Waals surface area contributed by atoms with Crippen LogP contribution in [0.5, 0.6) is 0 Å². The van der Waals surface area contributed by atoms with E-state index in [1.165, 1.54) is 17.4 Å². The molecule has 0 atom stereocenters. The molecule has 0 bridgehead atoms. The van der Waals surface area contributed by atoms with Crippen LogP contribution in [0.2, 0.25) is 5.02 Å². The molecule has 0 amide bonds. The molecular weight excluding hydrogens is 309 g/mol. The summed E-state index contributed by atoms with van der Waals surface area (Å²) in [6.45, 7) is 7.22. The molecule has 21 heavy (non-hydrogen) atoms. The van der Waals surface area contributed by atoms with Gasteiger partial charge in [-0.25, -0.2) is 4.39 Å². The smallest absolute Gasteiger partial charge is 0.128 e. The summed E-state index contributed by atoms with van der Waals surface area (Å²) in [5.41, 5.74) is 0.573. The molecule has 0 saturated carbocycles. The topological polar surface area (TPSA) is 37.8 Å². The van der Waals surface area contributed by atoms with E-state index in [9.17, 15) is 4.39 Å². The van der Waals surface area contributed by atoms with Gasteiger partial charge in [0.1, 0.15) is 15.8 Å². The molecule has 0 fully saturated rings. The maximum Gasteiger partial charge on any atom is 0.128 e. The van der Waals surface area contributed by atoms with Gasteiger partial charge in [-0.2, -0.15) is 0 Å². The lowest BCUT2D eigenvalue weighted by atomic mass is 10.1. The molecule has 2 rings (SSSR count). The van der Waals surface area contributed by atoms with E-state index in [0.29, 0.717) is 17.0 Å². The Bertz CT molecular complexity index is 587. The Morgan fingerprint density at radius 1 is 1.24 bits per heavy atom. The molecule has 0 aliphatic carbocycles. The maximum absolute atomic E-state index is 13.7. The number of hydrogen-bond acceptors (Lipinski definition) is 4. The summed E-state index contributed by atoms with van der Waals surface area (Å²) in [4.78, 5) is 0. The van der Waals surface area contributed by atoms with Crippen molar-refractivity contribution >= 4 is 22.9 Å². The zero-order valence-corrected chi connectivity index (χ0v) is 14.0. The maximum atomic E-state index is 13.7. The van der Waals surface area contributed by atoms with Crippen molar-refractivity contribution in [2.24, 2.45) is 0 Å². The van der Waals surface area contributed by atoms with Crippen molar-refractivity contribution in [2.75, 3.05) is 6.54 Å². The number of rotatable bonds is 5. The van der Waals surface area contributed by atoms with Crippen LogP contribution in [0.1, 0.15) is 36.3 Å². The molecule has 1 heterocycles. The molecule has 1 aromatic carbocycles. The van der Waals surface area contributed by atoms with Crippen LogP contribution in [0.25, 0.3) is 0 Å². The lowest BCUT2D eigenvalue weighted by molar-refractivity contribution is 0.429. The van der Waals surface area contributed by atoms with Crippen LogP contribution in [0.4, 0.5) is 4.39 Å². The number of nitrogens with one attached hydrogen (secondary N) is 1. The van der Waals surface area contributed by atoms with E-state index < -0.39 is 0 Å². The van der Waals surface area contributed by atoms with Crippen LogP contribution in [-0.2, 0) is 12.8 Å². The van der Waals surface area contributed by atoms with Gasteiger partial charge >= 0.3 is 0 Å². The van der Waals surface area contributed by atoms with Crippen molar-refractivity contribution < 1.29 is 4.39 Å². The Morgan fingerprint density at radius 2 is 1.95 bits per heavy atom. The first-order valence-electron chi connectivity index (χ1n) is 6.84. The molecule has 0 spiro atoms. The van der Waals surface area contributed by atoms with Crippen LogP contribution < -0.4 is 5.32 Å². The first kappa shape index (κ1) is 16.3. The van der Waals surface area contributed by atoms with Crippen molar-refractivity contribution in [1.82, 2.24) is 15.5 Å². The van der Waals surface area contributed by atoms with E-state index in [2.05, 4.69) is 36.3 Å². The normalized spacial score (nSPS) is 11.9. The van der Waals surface area contributed by atoms with Gasteiger partial charge in [0.25, 0.3) is 0 Å². The molecule has 6 heteroatoms. The zero-order chi connectivity index (χ0) is 15.5. The fourth-order valence-electron chi connectivity index (χ4n) is 1.86. The summed E-state index contributed by atoms with van der Waals surface area (Å²) in [5, 5.41) is 13.9. The fourth-order valence-corrected chi connectivity index (χ4v) is 2.94. The van der Waals surface area contributed by atoms with Gasteiger partial charge in [0, 0.05) is 35.5 Å². The first-order valence-corrected chi connectivity index (χ1v) is 8.04. The van der Waals surface area contributed by atoms with E-state index >= 15 is 0 Å². The van der Waals surface area contributed by atoms with E-state index in [1.807, 2.05) is 0 Å². The fraction of sp³-hybridized carbons (Fsp3) is 0.467. The van der Waals surface area contributed by atoms with Crippen molar-refractivity contribution in [3.63, 3.8) is 0 Å². The second-order valence-electron chi connectivity index (χ2n) is 5.89. The van der Waals surface area contributed by atoms with E-state index in [0.717, 1.165) is 23.0 Å². The quantitative estimate of drug-likeness (QED) is 0.906. The largest absolute Gasteiger partial charge is 0.312 e. The van der Waals surface area contributed by atoms with E-state index in [4.69, 9.17) is 11.6 Å². The molecule has 0 aliphatic rings. The molecular formula is C15H19ClFN3S. The lowest BCUT2D eigenvalue weighted by Gasteiger charge is -2.19. The molecule has 0 unspecified atom stereocenters. The minimum atomic E-state index is -0.298. The van der Waals surface area contributed by atoms with Crippen LogP contribution in [0.3, 0.4) is 0 Å². The lowest BCUT2D eigenvalue weighted by Crippen LogP contribution is -2.37. The van der Waals surface area contributed by atoms with Crippen LogP contribution in [-0.4, -0.2) is 22.3 Å². The number of aromatic nitrogens is 2. The Morgan fingerprint density at radius 3 is 2.62 bits per heavy atom. The predicted octanol–water partition coefficient (Wildman–Crippen LogP) is 3.85. The highest BCUT2D eigenvalue weighted by Crippen LogP contribution is 2.23. The van der Waals surface area contributed by atoms with Gasteiger partial charge in [0.05, 0.1) is 0 Å². The number of halogens is 2. The summed E-state index contributed by atoms with van der Waals surface area (Å²) in [7, 11) is 0. The summed E-state index contributed by atoms with van der Waals surface area (Å²) in [6.07, 6.45) is 1.20. The zero-order valence-electron chi connectivity index (χ0n) is 12.4. The molecule has 114 valence electrons. The highest BCUT2D eigenvalue weighted by atomic mass is 35.5. The summed E-state index contributed by atoms with van der Waals surface area (Å²) < 4.78 is 13.7. The van der Waals surface area contributed by atoms with Crippen LogP contribution >= 0.6 is 22.9 Å². The summed E-state index contributed by atoms with van der Waals surface area (Å²) in [6, 6.07) is 4.70. The van der Waals surface area contributed by atoms with Crippen molar-refractivity contribution in [1.29, 1.82) is 0 Å². The average Bonchev–Trinajstić information content (AvgIpc) is 2.80. The minimum absolute atomic E-state index is 0.0915. The monoisotopic (exact) mass is 327 g/mol. The third kappa shape index (κ3) is 5.02. The molecule has 0 aliphatic heterocycles. The van der Waals surface area contributed by atoms with Crippen molar-refractivity contribution in [2.45, 2.75) is 39.2 Å². The third-order valence-corrected chi connectivity index (χ3v) is 4.23. The Balaban J connectivity index is 1.97. The van der Waals surface area contributed by atoms with Gasteiger partial charge < -0.3 is 5.32 Å². The Hall–Kier alpha value is -1.04. The number of hydrogen-bond donors (Lipinski definition) is 1. The highest BCUT2D eigenvalue weighted by molar-refractivity contribution is 7.11. The molecule has 3 nitrogen and oxygen atoms in total. The standard InChI is InChI=1S/C15H19ClFN3S/c1-15(2,3)18-8-7-13-19-20-14(21-13)9-10-11(16)5-4-6-12(10)17/h4-6,18H,7-9H2,1-3H3. The van der Waals surface area contributed by atoms with Gasteiger partial charge in [-0.1, -0.05) is 17.7 Å². The van der Waals surface area contributed by atoms with Crippen molar-refractivity contribution in [3.05, 3.63) is 44.6 Å². The average molecular weight is 328 g/mol. The number of nitrogens with zero attached hydrogens (tertiary/aromatic N) is 2. The molecule has 1 aromatic heterocycles. The molecule has 2 aromatic rings. The van der Waals surface area contributed by atoms with Gasteiger partial charge in [-0.15, -0.1) is 21.5 Å². The minimum Gasteiger partial charge on any atom is -0.312 e. The SMILES string of the molecule is CC(C)(C)NCCc1nnc(Cc2c(F)cccc2Cl)s1. The van der Waals surface area contributed by atoms with Crippen LogP contribution in [0, 0.1) is 5.82 Å². The first-order chi connectivity index (χ1) is 9.85. The van der Waals surface area contributed by atoms with E-state index in [-0.39, 0.29) is 11.4 Å². The summed E-state index contributed by atoms with van der Waals surface area (Å²) in [5.74, 6) is -0.298. The van der Waals surface area contributed by atoms with Gasteiger partial charge in [-0.3, -0.25) is 0 Å².